The molecule has 3 aromatic carbocycles. The molecule has 0 aliphatic heterocycles. The molecule has 0 saturated heterocycles. The molecule has 0 aliphatic rings. The molecule has 0 aliphatic carbocycles. The minimum atomic E-state index is 0. The molecule has 1 aromatic heterocycles. The molecule has 0 unspecified atom stereocenters. The molecule has 1 heterocycles. The van der Waals surface area contributed by atoms with Gasteiger partial charge in [-0.1, -0.05) is 48.3 Å². The molecule has 0 N–H and O–H groups in total. The van der Waals surface area contributed by atoms with Crippen LogP contribution < -0.4 is 4.57 Å². The number of aryl methyl sites for hydroxylation is 2. The Balaban J connectivity index is 0.00000210. The first-order valence-corrected chi connectivity index (χ1v) is 8.51. The zero-order chi connectivity index (χ0) is 17.9. The van der Waals surface area contributed by atoms with E-state index in [9.17, 15) is 0 Å². The summed E-state index contributed by atoms with van der Waals surface area (Å²) >= 11 is 0. The van der Waals surface area contributed by atoms with Crippen molar-refractivity contribution in [2.75, 3.05) is 0 Å². The molecule has 4 heteroatoms. The van der Waals surface area contributed by atoms with Gasteiger partial charge in [-0.15, -0.1) is 47.0 Å². The first kappa shape index (κ1) is 19.5. The molecular weight excluding hydrogens is 407 g/mol. The van der Waals surface area contributed by atoms with Crippen LogP contribution in [0.3, 0.4) is 0 Å². The summed E-state index contributed by atoms with van der Waals surface area (Å²) in [7, 11) is 1.97. The van der Waals surface area contributed by atoms with Crippen LogP contribution in [0.15, 0.2) is 78.0 Å². The number of hydrogen-bond acceptors (Lipinski definition) is 2. The predicted molar refractivity (Wildman–Crippen MR) is 105 cm³/mol. The summed E-state index contributed by atoms with van der Waals surface area (Å²) in [6, 6.07) is 25.8. The molecule has 0 bridgehead atoms. The Morgan fingerprint density at radius 2 is 1.70 bits per heavy atom. The smallest absolute Gasteiger partial charge is 0.273 e. The maximum Gasteiger partial charge on any atom is 0.273 e. The first-order valence-electron chi connectivity index (χ1n) is 8.51. The molecular formula is C23H18N3Y-. The van der Waals surface area contributed by atoms with Crippen molar-refractivity contribution in [2.24, 2.45) is 12.0 Å². The van der Waals surface area contributed by atoms with Crippen LogP contribution >= 0.6 is 0 Å². The first-order chi connectivity index (χ1) is 12.7. The molecule has 1 radical (unpaired) electrons. The fraction of sp³-hybridized carbons (Fsp3) is 0.0870. The molecule has 4 aromatic rings. The number of aliphatic imine (C=N–C) groups is 1. The Morgan fingerprint density at radius 3 is 2.52 bits per heavy atom. The second-order valence-corrected chi connectivity index (χ2v) is 6.20. The van der Waals surface area contributed by atoms with Gasteiger partial charge in [0.25, 0.3) is 6.33 Å². The van der Waals surface area contributed by atoms with E-state index in [2.05, 4.69) is 65.6 Å². The van der Waals surface area contributed by atoms with Crippen molar-refractivity contribution >= 4 is 22.8 Å². The molecule has 0 spiro atoms. The second kappa shape index (κ2) is 8.64. The van der Waals surface area contributed by atoms with Crippen molar-refractivity contribution in [2.45, 2.75) is 6.92 Å². The molecule has 0 saturated carbocycles. The van der Waals surface area contributed by atoms with Crippen LogP contribution in [0.4, 0.5) is 5.82 Å². The molecule has 0 amide bonds. The second-order valence-electron chi connectivity index (χ2n) is 6.20. The topological polar surface area (TPSA) is 29.1 Å². The molecule has 0 fully saturated rings. The molecule has 4 rings (SSSR count). The van der Waals surface area contributed by atoms with E-state index in [-0.39, 0.29) is 32.7 Å². The number of nitrogens with zero attached hydrogens (tertiary/aromatic N) is 3. The van der Waals surface area contributed by atoms with Crippen molar-refractivity contribution in [1.82, 2.24) is 4.98 Å². The van der Waals surface area contributed by atoms with Crippen LogP contribution in [-0.2, 0) is 39.8 Å². The normalized spacial score (nSPS) is 10.9. The van der Waals surface area contributed by atoms with E-state index in [1.54, 1.807) is 6.33 Å². The summed E-state index contributed by atoms with van der Waals surface area (Å²) in [5.74, 6) is 0.523. The molecule has 27 heavy (non-hydrogen) atoms. The Hall–Kier alpha value is -2.23. The van der Waals surface area contributed by atoms with Gasteiger partial charge in [0.2, 0.25) is 0 Å². The van der Waals surface area contributed by atoms with Crippen LogP contribution in [0.2, 0.25) is 0 Å². The fourth-order valence-electron chi connectivity index (χ4n) is 3.05. The van der Waals surface area contributed by atoms with Crippen LogP contribution in [0.5, 0.6) is 0 Å². The Morgan fingerprint density at radius 1 is 0.963 bits per heavy atom. The quantitative estimate of drug-likeness (QED) is 0.271. The molecule has 0 atom stereocenters. The van der Waals surface area contributed by atoms with E-state index in [0.29, 0.717) is 5.82 Å². The third-order valence-corrected chi connectivity index (χ3v) is 4.45. The average Bonchev–Trinajstić information content (AvgIpc) is 2.69. The molecule has 3 nitrogen and oxygen atoms in total. The number of benzene rings is 3. The van der Waals surface area contributed by atoms with Crippen LogP contribution in [0.25, 0.3) is 22.0 Å². The minimum absolute atomic E-state index is 0. The van der Waals surface area contributed by atoms with Gasteiger partial charge < -0.3 is 4.99 Å². The number of fused-ring (bicyclic) bond motifs is 1. The van der Waals surface area contributed by atoms with E-state index < -0.39 is 0 Å². The average molecular weight is 425 g/mol. The van der Waals surface area contributed by atoms with Gasteiger partial charge >= 0.3 is 0 Å². The summed E-state index contributed by atoms with van der Waals surface area (Å²) in [5.41, 5.74) is 4.23. The SMILES string of the molecule is Cc1c(-c2[c-]c(N=[C-]c3ccccc3)nc[n+]2C)ccc2ccccc12.[Y]. The van der Waals surface area contributed by atoms with E-state index in [4.69, 9.17) is 0 Å². The van der Waals surface area contributed by atoms with Gasteiger partial charge in [-0.2, -0.15) is 6.07 Å². The monoisotopic (exact) mass is 425 g/mol. The predicted octanol–water partition coefficient (Wildman–Crippen LogP) is 4.46. The van der Waals surface area contributed by atoms with Gasteiger partial charge in [0.05, 0.1) is 7.05 Å². The summed E-state index contributed by atoms with van der Waals surface area (Å²) in [6.45, 7) is 2.14. The van der Waals surface area contributed by atoms with E-state index in [1.807, 2.05) is 41.9 Å². The zero-order valence-corrected chi connectivity index (χ0v) is 18.2. The summed E-state index contributed by atoms with van der Waals surface area (Å²) < 4.78 is 1.97. The number of aromatic nitrogens is 2. The Labute approximate surface area is 184 Å². The van der Waals surface area contributed by atoms with Crippen LogP contribution in [-0.4, -0.2) is 11.2 Å². The summed E-state index contributed by atoms with van der Waals surface area (Å²) in [5, 5.41) is 2.48. The third-order valence-electron chi connectivity index (χ3n) is 4.45. The van der Waals surface area contributed by atoms with E-state index >= 15 is 0 Å². The number of rotatable bonds is 3. The van der Waals surface area contributed by atoms with E-state index in [0.717, 1.165) is 16.8 Å². The summed E-state index contributed by atoms with van der Waals surface area (Å²) in [4.78, 5) is 8.72. The third kappa shape index (κ3) is 4.20. The Kier molecular flexibility index (Phi) is 6.25. The van der Waals surface area contributed by atoms with Gasteiger partial charge in [-0.05, 0) is 22.7 Å². The van der Waals surface area contributed by atoms with Crippen molar-refractivity contribution in [1.29, 1.82) is 0 Å². The van der Waals surface area contributed by atoms with Gasteiger partial charge in [0.15, 0.2) is 0 Å². The molecule has 129 valence electrons. The Bertz CT molecular complexity index is 1110. The van der Waals surface area contributed by atoms with Crippen LogP contribution in [0.1, 0.15) is 11.1 Å². The summed E-state index contributed by atoms with van der Waals surface area (Å²) in [6.07, 6.45) is 4.80. The standard InChI is InChI=1S/C23H18N3.Y/c1-17-20-11-7-6-10-19(20)12-13-21(17)22-14-23(25-16-26(22)2)24-15-18-8-4-3-5-9-18;/h3-13,16H,1-2H3;/q-1;. The van der Waals surface area contributed by atoms with Crippen molar-refractivity contribution in [3.05, 3.63) is 90.3 Å². The number of hydrogen-bond donors (Lipinski definition) is 0. The minimum Gasteiger partial charge on any atom is -0.329 e. The van der Waals surface area contributed by atoms with Gasteiger partial charge in [-0.25, -0.2) is 0 Å². The van der Waals surface area contributed by atoms with Crippen molar-refractivity contribution in [3.63, 3.8) is 0 Å². The van der Waals surface area contributed by atoms with Crippen molar-refractivity contribution in [3.8, 4) is 11.3 Å². The zero-order valence-electron chi connectivity index (χ0n) is 15.3. The van der Waals surface area contributed by atoms with Gasteiger partial charge in [0.1, 0.15) is 5.82 Å². The van der Waals surface area contributed by atoms with Crippen LogP contribution in [0, 0.1) is 13.0 Å². The largest absolute Gasteiger partial charge is 0.329 e. The van der Waals surface area contributed by atoms with E-state index in [1.165, 1.54) is 16.3 Å². The van der Waals surface area contributed by atoms with Gasteiger partial charge in [0, 0.05) is 32.7 Å². The fourth-order valence-corrected chi connectivity index (χ4v) is 3.05. The van der Waals surface area contributed by atoms with Gasteiger partial charge in [-0.3, -0.25) is 4.57 Å². The maximum absolute atomic E-state index is 4.37. The maximum atomic E-state index is 4.37. The van der Waals surface area contributed by atoms with Crippen molar-refractivity contribution < 1.29 is 37.3 Å².